The SMILES string of the molecule is O=C(Nc1ccnn1Cc1cccc(Cl)c1Cl)c1ccccc1Br. The minimum absolute atomic E-state index is 0.221. The highest BCUT2D eigenvalue weighted by Gasteiger charge is 2.13. The minimum atomic E-state index is -0.221. The van der Waals surface area contributed by atoms with Gasteiger partial charge in [-0.3, -0.25) is 4.79 Å². The van der Waals surface area contributed by atoms with E-state index in [1.165, 1.54) is 0 Å². The van der Waals surface area contributed by atoms with E-state index in [0.29, 0.717) is 28.0 Å². The number of benzene rings is 2. The van der Waals surface area contributed by atoms with Crippen LogP contribution in [0.2, 0.25) is 10.0 Å². The topological polar surface area (TPSA) is 46.9 Å². The lowest BCUT2D eigenvalue weighted by atomic mass is 10.2. The normalized spacial score (nSPS) is 10.6. The zero-order valence-corrected chi connectivity index (χ0v) is 15.4. The number of hydrogen-bond acceptors (Lipinski definition) is 2. The molecule has 0 saturated carbocycles. The molecule has 0 atom stereocenters. The fraction of sp³-hybridized carbons (Fsp3) is 0.0588. The van der Waals surface area contributed by atoms with E-state index in [1.807, 2.05) is 30.3 Å². The maximum Gasteiger partial charge on any atom is 0.257 e. The van der Waals surface area contributed by atoms with E-state index < -0.39 is 0 Å². The molecule has 3 aromatic rings. The third-order valence-corrected chi connectivity index (χ3v) is 4.98. The van der Waals surface area contributed by atoms with Crippen LogP contribution in [0.4, 0.5) is 5.82 Å². The fourth-order valence-corrected chi connectivity index (χ4v) is 3.07. The van der Waals surface area contributed by atoms with Crippen molar-refractivity contribution in [2.45, 2.75) is 6.54 Å². The van der Waals surface area contributed by atoms with Crippen LogP contribution in [-0.2, 0) is 6.54 Å². The number of hydrogen-bond donors (Lipinski definition) is 1. The van der Waals surface area contributed by atoms with Gasteiger partial charge in [0.1, 0.15) is 5.82 Å². The predicted octanol–water partition coefficient (Wildman–Crippen LogP) is 5.25. The third kappa shape index (κ3) is 3.64. The van der Waals surface area contributed by atoms with Gasteiger partial charge in [-0.05, 0) is 39.7 Å². The number of anilines is 1. The van der Waals surface area contributed by atoms with Gasteiger partial charge in [0.2, 0.25) is 0 Å². The van der Waals surface area contributed by atoms with Crippen LogP contribution in [0.25, 0.3) is 0 Å². The first-order valence-corrected chi connectivity index (χ1v) is 8.61. The van der Waals surface area contributed by atoms with E-state index in [4.69, 9.17) is 23.2 Å². The van der Waals surface area contributed by atoms with Crippen molar-refractivity contribution in [3.8, 4) is 0 Å². The molecule has 0 aliphatic heterocycles. The molecular weight excluding hydrogens is 413 g/mol. The Kier molecular flexibility index (Phi) is 5.23. The summed E-state index contributed by atoms with van der Waals surface area (Å²) < 4.78 is 2.39. The second-order valence-electron chi connectivity index (χ2n) is 5.02. The summed E-state index contributed by atoms with van der Waals surface area (Å²) >= 11 is 15.6. The average molecular weight is 425 g/mol. The smallest absolute Gasteiger partial charge is 0.257 e. The Balaban J connectivity index is 1.82. The van der Waals surface area contributed by atoms with Crippen molar-refractivity contribution < 1.29 is 4.79 Å². The first kappa shape index (κ1) is 17.0. The van der Waals surface area contributed by atoms with Crippen molar-refractivity contribution in [2.24, 2.45) is 0 Å². The second-order valence-corrected chi connectivity index (χ2v) is 6.66. The predicted molar refractivity (Wildman–Crippen MR) is 99.9 cm³/mol. The van der Waals surface area contributed by atoms with Crippen LogP contribution in [0.15, 0.2) is 59.2 Å². The summed E-state index contributed by atoms with van der Waals surface area (Å²) in [5.41, 5.74) is 1.37. The van der Waals surface area contributed by atoms with Gasteiger partial charge in [0.25, 0.3) is 5.91 Å². The molecule has 0 spiro atoms. The zero-order chi connectivity index (χ0) is 17.1. The van der Waals surface area contributed by atoms with E-state index in [-0.39, 0.29) is 5.91 Å². The standard InChI is InChI=1S/C17H12BrCl2N3O/c18-13-6-2-1-5-12(13)17(24)22-15-8-9-21-23(15)10-11-4-3-7-14(19)16(11)20/h1-9H,10H2,(H,22,24). The highest BCUT2D eigenvalue weighted by atomic mass is 79.9. The van der Waals surface area contributed by atoms with Crippen LogP contribution in [0.3, 0.4) is 0 Å². The highest BCUT2D eigenvalue weighted by molar-refractivity contribution is 9.10. The molecule has 0 aliphatic carbocycles. The number of rotatable bonds is 4. The highest BCUT2D eigenvalue weighted by Crippen LogP contribution is 2.27. The fourth-order valence-electron chi connectivity index (χ4n) is 2.23. The number of carbonyl (C=O) groups excluding carboxylic acids is 1. The van der Waals surface area contributed by atoms with Gasteiger partial charge >= 0.3 is 0 Å². The Labute approximate surface area is 157 Å². The number of aromatic nitrogens is 2. The number of amides is 1. The Bertz CT molecular complexity index is 895. The molecule has 0 unspecified atom stereocenters. The van der Waals surface area contributed by atoms with Crippen molar-refractivity contribution in [1.29, 1.82) is 0 Å². The molecule has 0 radical (unpaired) electrons. The first-order valence-electron chi connectivity index (χ1n) is 7.07. The zero-order valence-electron chi connectivity index (χ0n) is 12.3. The largest absolute Gasteiger partial charge is 0.307 e. The van der Waals surface area contributed by atoms with Crippen molar-refractivity contribution in [3.05, 3.63) is 80.4 Å². The second kappa shape index (κ2) is 7.38. The molecule has 0 saturated heterocycles. The molecule has 1 amide bonds. The molecule has 0 fully saturated rings. The van der Waals surface area contributed by atoms with Crippen molar-refractivity contribution in [1.82, 2.24) is 9.78 Å². The summed E-state index contributed by atoms with van der Waals surface area (Å²) in [4.78, 5) is 12.4. The van der Waals surface area contributed by atoms with E-state index >= 15 is 0 Å². The number of carbonyl (C=O) groups is 1. The first-order chi connectivity index (χ1) is 11.6. The van der Waals surface area contributed by atoms with Crippen LogP contribution < -0.4 is 5.32 Å². The number of halogens is 3. The lowest BCUT2D eigenvalue weighted by molar-refractivity contribution is 0.102. The molecule has 3 rings (SSSR count). The molecule has 1 N–H and O–H groups in total. The van der Waals surface area contributed by atoms with Gasteiger partial charge in [0, 0.05) is 10.5 Å². The molecular formula is C17H12BrCl2N3O. The number of nitrogens with one attached hydrogen (secondary N) is 1. The van der Waals surface area contributed by atoms with E-state index in [9.17, 15) is 4.79 Å². The summed E-state index contributed by atoms with van der Waals surface area (Å²) in [6.07, 6.45) is 1.62. The molecule has 7 heteroatoms. The molecule has 0 aliphatic rings. The number of nitrogens with zero attached hydrogens (tertiary/aromatic N) is 2. The molecule has 1 heterocycles. The minimum Gasteiger partial charge on any atom is -0.307 e. The van der Waals surface area contributed by atoms with E-state index in [0.717, 1.165) is 10.0 Å². The van der Waals surface area contributed by atoms with Gasteiger partial charge in [-0.15, -0.1) is 0 Å². The molecule has 24 heavy (non-hydrogen) atoms. The summed E-state index contributed by atoms with van der Waals surface area (Å²) in [7, 11) is 0. The average Bonchev–Trinajstić information content (AvgIpc) is 2.99. The monoisotopic (exact) mass is 423 g/mol. The van der Waals surface area contributed by atoms with Crippen LogP contribution >= 0.6 is 39.1 Å². The molecule has 4 nitrogen and oxygen atoms in total. The Morgan fingerprint density at radius 3 is 2.71 bits per heavy atom. The van der Waals surface area contributed by atoms with Gasteiger partial charge < -0.3 is 5.32 Å². The van der Waals surface area contributed by atoms with Gasteiger partial charge in [-0.1, -0.05) is 47.5 Å². The summed E-state index contributed by atoms with van der Waals surface area (Å²) in [6.45, 7) is 0.401. The van der Waals surface area contributed by atoms with Gasteiger partial charge in [0.05, 0.1) is 28.4 Å². The summed E-state index contributed by atoms with van der Waals surface area (Å²) in [5, 5.41) is 8.07. The van der Waals surface area contributed by atoms with Gasteiger partial charge in [-0.25, -0.2) is 4.68 Å². The maximum absolute atomic E-state index is 12.4. The Morgan fingerprint density at radius 2 is 1.92 bits per heavy atom. The van der Waals surface area contributed by atoms with Crippen molar-refractivity contribution in [2.75, 3.05) is 5.32 Å². The summed E-state index contributed by atoms with van der Waals surface area (Å²) in [5.74, 6) is 0.355. The third-order valence-electron chi connectivity index (χ3n) is 3.43. The lowest BCUT2D eigenvalue weighted by Gasteiger charge is -2.11. The molecule has 1 aromatic heterocycles. The summed E-state index contributed by atoms with van der Waals surface area (Å²) in [6, 6.07) is 14.4. The lowest BCUT2D eigenvalue weighted by Crippen LogP contribution is -2.16. The van der Waals surface area contributed by atoms with Crippen LogP contribution in [0.1, 0.15) is 15.9 Å². The molecule has 0 bridgehead atoms. The maximum atomic E-state index is 12.4. The van der Waals surface area contributed by atoms with Gasteiger partial charge in [0.15, 0.2) is 0 Å². The van der Waals surface area contributed by atoms with Gasteiger partial charge in [-0.2, -0.15) is 5.10 Å². The quantitative estimate of drug-likeness (QED) is 0.621. The molecule has 2 aromatic carbocycles. The molecule has 122 valence electrons. The Morgan fingerprint density at radius 1 is 1.12 bits per heavy atom. The van der Waals surface area contributed by atoms with Crippen molar-refractivity contribution >= 4 is 50.9 Å². The Hall–Kier alpha value is -1.82. The van der Waals surface area contributed by atoms with E-state index in [2.05, 4.69) is 26.3 Å². The van der Waals surface area contributed by atoms with Crippen molar-refractivity contribution in [3.63, 3.8) is 0 Å². The van der Waals surface area contributed by atoms with Crippen LogP contribution in [-0.4, -0.2) is 15.7 Å². The van der Waals surface area contributed by atoms with E-state index in [1.54, 1.807) is 29.1 Å². The van der Waals surface area contributed by atoms with Crippen LogP contribution in [0, 0.1) is 0 Å². The van der Waals surface area contributed by atoms with Crippen LogP contribution in [0.5, 0.6) is 0 Å².